The van der Waals surface area contributed by atoms with Crippen LogP contribution in [-0.2, 0) is 0 Å². The number of fused-ring (bicyclic) bond motifs is 1. The lowest BCUT2D eigenvalue weighted by Gasteiger charge is -2.38. The van der Waals surface area contributed by atoms with Crippen LogP contribution >= 0.6 is 0 Å². The highest BCUT2D eigenvalue weighted by atomic mass is 16.5. The van der Waals surface area contributed by atoms with E-state index >= 15 is 0 Å². The number of aromatic nitrogens is 1. The largest absolute Gasteiger partial charge is 0.486 e. The molecule has 1 aliphatic carbocycles. The fourth-order valence-corrected chi connectivity index (χ4v) is 4.61. The molecule has 10 nitrogen and oxygen atoms in total. The molecular weight excluding hydrogens is 462 g/mol. The van der Waals surface area contributed by atoms with Crippen molar-refractivity contribution in [1.82, 2.24) is 15.0 Å². The van der Waals surface area contributed by atoms with Gasteiger partial charge in [0.2, 0.25) is 0 Å². The molecule has 0 unspecified atom stereocenters. The summed E-state index contributed by atoms with van der Waals surface area (Å²) in [6.07, 6.45) is 2.31. The van der Waals surface area contributed by atoms with E-state index in [-0.39, 0.29) is 30.6 Å². The van der Waals surface area contributed by atoms with Gasteiger partial charge in [-0.1, -0.05) is 18.1 Å². The van der Waals surface area contributed by atoms with Gasteiger partial charge in [0.1, 0.15) is 17.5 Å². The van der Waals surface area contributed by atoms with E-state index in [0.29, 0.717) is 47.2 Å². The lowest BCUT2D eigenvalue weighted by Crippen LogP contribution is -2.50. The Morgan fingerprint density at radius 3 is 2.67 bits per heavy atom. The second kappa shape index (κ2) is 10.9. The molecule has 1 fully saturated rings. The zero-order chi connectivity index (χ0) is 26.0. The van der Waals surface area contributed by atoms with Gasteiger partial charge in [-0.3, -0.25) is 4.79 Å². The zero-order valence-electron chi connectivity index (χ0n) is 21.7. The van der Waals surface area contributed by atoms with Gasteiger partial charge in [-0.05, 0) is 58.7 Å². The van der Waals surface area contributed by atoms with E-state index in [1.165, 1.54) is 12.8 Å². The SMILES string of the molecule is Cc1noc(C)c1NC(=O)Nc1cccc2c1O[C@H](CN(C)CC1CC1)[C@H](C)CN([C@H](C)CO)C2=O. The summed E-state index contributed by atoms with van der Waals surface area (Å²) in [4.78, 5) is 30.5. The molecule has 0 saturated heterocycles. The molecule has 10 heteroatoms. The van der Waals surface area contributed by atoms with Gasteiger partial charge in [0.15, 0.2) is 11.5 Å². The number of hydrogen-bond donors (Lipinski definition) is 3. The Kier molecular flexibility index (Phi) is 7.85. The summed E-state index contributed by atoms with van der Waals surface area (Å²) in [5.74, 6) is 1.34. The van der Waals surface area contributed by atoms with Crippen molar-refractivity contribution in [3.8, 4) is 5.75 Å². The Hall–Kier alpha value is -3.11. The van der Waals surface area contributed by atoms with Crippen molar-refractivity contribution in [2.75, 3.05) is 43.9 Å². The molecule has 4 rings (SSSR count). The van der Waals surface area contributed by atoms with Crippen molar-refractivity contribution in [2.45, 2.75) is 52.7 Å². The number of carbonyl (C=O) groups excluding carboxylic acids is 2. The first-order chi connectivity index (χ1) is 17.2. The van der Waals surface area contributed by atoms with E-state index in [0.717, 1.165) is 12.5 Å². The summed E-state index contributed by atoms with van der Waals surface area (Å²) in [6, 6.07) is 4.29. The number of aliphatic hydroxyl groups is 1. The van der Waals surface area contributed by atoms with Crippen LogP contribution in [-0.4, -0.2) is 77.4 Å². The number of hydrogen-bond acceptors (Lipinski definition) is 7. The van der Waals surface area contributed by atoms with Crippen LogP contribution in [0, 0.1) is 25.7 Å². The second-order valence-electron chi connectivity index (χ2n) is 10.2. The molecule has 3 N–H and O–H groups in total. The van der Waals surface area contributed by atoms with Crippen molar-refractivity contribution < 1.29 is 24.0 Å². The van der Waals surface area contributed by atoms with Gasteiger partial charge < -0.3 is 34.8 Å². The third-order valence-electron chi connectivity index (χ3n) is 6.97. The minimum absolute atomic E-state index is 0.00180. The second-order valence-corrected chi connectivity index (χ2v) is 10.2. The molecule has 1 aromatic heterocycles. The van der Waals surface area contributed by atoms with Crippen molar-refractivity contribution >= 4 is 23.3 Å². The normalized spacial score (nSPS) is 20.9. The number of nitrogens with zero attached hydrogens (tertiary/aromatic N) is 3. The van der Waals surface area contributed by atoms with Gasteiger partial charge in [-0.2, -0.15) is 0 Å². The Labute approximate surface area is 211 Å². The average molecular weight is 500 g/mol. The Balaban J connectivity index is 1.64. The van der Waals surface area contributed by atoms with Crippen LogP contribution in [0.15, 0.2) is 22.7 Å². The van der Waals surface area contributed by atoms with Crippen LogP contribution in [0.2, 0.25) is 0 Å². The smallest absolute Gasteiger partial charge is 0.323 e. The lowest BCUT2D eigenvalue weighted by molar-refractivity contribution is 0.0346. The first-order valence-electron chi connectivity index (χ1n) is 12.6. The van der Waals surface area contributed by atoms with Gasteiger partial charge in [0.25, 0.3) is 5.91 Å². The third-order valence-corrected chi connectivity index (χ3v) is 6.97. The summed E-state index contributed by atoms with van der Waals surface area (Å²) in [7, 11) is 2.09. The van der Waals surface area contributed by atoms with E-state index < -0.39 is 6.03 Å². The maximum Gasteiger partial charge on any atom is 0.323 e. The molecule has 2 aliphatic rings. The molecule has 2 heterocycles. The van der Waals surface area contributed by atoms with Crippen LogP contribution in [0.5, 0.6) is 5.75 Å². The van der Waals surface area contributed by atoms with Crippen molar-refractivity contribution in [3.05, 3.63) is 35.2 Å². The number of amides is 3. The predicted octanol–water partition coefficient (Wildman–Crippen LogP) is 3.50. The quantitative estimate of drug-likeness (QED) is 0.508. The maximum absolute atomic E-state index is 13.6. The topological polar surface area (TPSA) is 120 Å². The Morgan fingerprint density at radius 1 is 1.28 bits per heavy atom. The molecule has 0 radical (unpaired) electrons. The van der Waals surface area contributed by atoms with Crippen molar-refractivity contribution in [2.24, 2.45) is 11.8 Å². The minimum Gasteiger partial charge on any atom is -0.486 e. The first kappa shape index (κ1) is 26.0. The first-order valence-corrected chi connectivity index (χ1v) is 12.6. The molecule has 36 heavy (non-hydrogen) atoms. The maximum atomic E-state index is 13.6. The third kappa shape index (κ3) is 5.82. The number of aliphatic hydroxyl groups excluding tert-OH is 1. The predicted molar refractivity (Wildman–Crippen MR) is 136 cm³/mol. The molecular formula is C26H37N5O5. The summed E-state index contributed by atoms with van der Waals surface area (Å²) in [6.45, 7) is 9.38. The Bertz CT molecular complexity index is 1080. The summed E-state index contributed by atoms with van der Waals surface area (Å²) >= 11 is 0. The number of nitrogens with one attached hydrogen (secondary N) is 2. The van der Waals surface area contributed by atoms with Crippen LogP contribution in [0.3, 0.4) is 0 Å². The molecule has 3 amide bonds. The van der Waals surface area contributed by atoms with Gasteiger partial charge in [-0.15, -0.1) is 0 Å². The van der Waals surface area contributed by atoms with Gasteiger partial charge in [0.05, 0.1) is 23.9 Å². The molecule has 0 spiro atoms. The molecule has 1 aromatic carbocycles. The zero-order valence-corrected chi connectivity index (χ0v) is 21.7. The van der Waals surface area contributed by atoms with Gasteiger partial charge >= 0.3 is 6.03 Å². The highest BCUT2D eigenvalue weighted by molar-refractivity contribution is 6.04. The van der Waals surface area contributed by atoms with Crippen molar-refractivity contribution in [1.29, 1.82) is 0 Å². The number of likely N-dealkylation sites (N-methyl/N-ethyl adjacent to an activating group) is 1. The summed E-state index contributed by atoms with van der Waals surface area (Å²) < 4.78 is 11.7. The van der Waals surface area contributed by atoms with E-state index in [9.17, 15) is 14.7 Å². The average Bonchev–Trinajstić information content (AvgIpc) is 3.60. The molecule has 1 aliphatic heterocycles. The summed E-state index contributed by atoms with van der Waals surface area (Å²) in [5, 5.41) is 19.3. The standard InChI is InChI=1S/C26H37N5O5/c1-15-11-31(16(2)14-32)25(33)20-7-6-8-21(27-26(34)28-23-17(3)29-36-18(23)4)24(20)35-22(15)13-30(5)12-19-9-10-19/h6-8,15-16,19,22,32H,9-14H2,1-5H3,(H2,27,28,34)/t15-,16-,22-/m1/s1. The molecule has 196 valence electrons. The number of anilines is 2. The fourth-order valence-electron chi connectivity index (χ4n) is 4.61. The van der Waals surface area contributed by atoms with Gasteiger partial charge in [0, 0.05) is 25.6 Å². The van der Waals surface area contributed by atoms with Crippen LogP contribution in [0.1, 0.15) is 48.5 Å². The number of rotatable bonds is 8. The van der Waals surface area contributed by atoms with E-state index in [2.05, 4.69) is 34.7 Å². The summed E-state index contributed by atoms with van der Waals surface area (Å²) in [5.41, 5.74) is 1.82. The number of urea groups is 1. The number of carbonyl (C=O) groups is 2. The molecule has 1 saturated carbocycles. The van der Waals surface area contributed by atoms with Crippen LogP contribution < -0.4 is 15.4 Å². The molecule has 2 aromatic rings. The van der Waals surface area contributed by atoms with Gasteiger partial charge in [-0.25, -0.2) is 4.79 Å². The monoisotopic (exact) mass is 499 g/mol. The fraction of sp³-hybridized carbons (Fsp3) is 0.577. The number of aryl methyl sites for hydroxylation is 2. The number of ether oxygens (including phenoxy) is 1. The molecule has 3 atom stereocenters. The number of para-hydroxylation sites is 1. The minimum atomic E-state index is -0.494. The van der Waals surface area contributed by atoms with E-state index in [1.807, 2.05) is 6.92 Å². The highest BCUT2D eigenvalue weighted by Crippen LogP contribution is 2.36. The molecule has 0 bridgehead atoms. The number of benzene rings is 1. The van der Waals surface area contributed by atoms with Crippen LogP contribution in [0.4, 0.5) is 16.2 Å². The van der Waals surface area contributed by atoms with Crippen molar-refractivity contribution in [3.63, 3.8) is 0 Å². The van der Waals surface area contributed by atoms with Crippen LogP contribution in [0.25, 0.3) is 0 Å². The Morgan fingerprint density at radius 2 is 2.03 bits per heavy atom. The van der Waals surface area contributed by atoms with E-state index in [1.54, 1.807) is 36.9 Å². The lowest BCUT2D eigenvalue weighted by atomic mass is 9.99. The highest BCUT2D eigenvalue weighted by Gasteiger charge is 2.35. The van der Waals surface area contributed by atoms with E-state index in [4.69, 9.17) is 9.26 Å².